The standard InChI is InChI=1S/C18H10Br2N2O/c19-9-1-3-11-12-5-6-22-15-8-10(20)2-4-13(15)18(23)17(22)16(12)21-14(11)7-9/h1-5,7-8,23H,6H2. The number of fused-ring (bicyclic) bond motifs is 7. The van der Waals surface area contributed by atoms with Gasteiger partial charge in [-0.25, -0.2) is 4.99 Å². The number of rotatable bonds is 0. The Bertz CT molecular complexity index is 1080. The first-order chi connectivity index (χ1) is 11.1. The van der Waals surface area contributed by atoms with Crippen molar-refractivity contribution < 1.29 is 5.11 Å². The van der Waals surface area contributed by atoms with Gasteiger partial charge in [-0.2, -0.15) is 0 Å². The topological polar surface area (TPSA) is 37.5 Å². The summed E-state index contributed by atoms with van der Waals surface area (Å²) in [6.07, 6.45) is 2.19. The molecule has 0 spiro atoms. The molecule has 3 heterocycles. The Hall–Kier alpha value is -1.85. The molecule has 0 atom stereocenters. The molecule has 0 saturated carbocycles. The van der Waals surface area contributed by atoms with Gasteiger partial charge in [0.1, 0.15) is 5.69 Å². The van der Waals surface area contributed by atoms with Crippen LogP contribution in [0.3, 0.4) is 0 Å². The van der Waals surface area contributed by atoms with Crippen LogP contribution in [0.25, 0.3) is 16.5 Å². The lowest BCUT2D eigenvalue weighted by molar-refractivity contribution is 0.477. The number of nitrogens with zero attached hydrogens (tertiary/aromatic N) is 2. The van der Waals surface area contributed by atoms with Crippen LogP contribution >= 0.6 is 31.9 Å². The fraction of sp³-hybridized carbons (Fsp3) is 0.0556. The Morgan fingerprint density at radius 3 is 2.70 bits per heavy atom. The highest BCUT2D eigenvalue weighted by Gasteiger charge is 2.31. The van der Waals surface area contributed by atoms with E-state index < -0.39 is 0 Å². The van der Waals surface area contributed by atoms with Crippen molar-refractivity contribution in [1.29, 1.82) is 0 Å². The number of aliphatic imine (C=N–C) groups is 1. The summed E-state index contributed by atoms with van der Waals surface area (Å²) in [5, 5.41) is 11.6. The van der Waals surface area contributed by atoms with Crippen molar-refractivity contribution in [3.63, 3.8) is 0 Å². The minimum atomic E-state index is 0.309. The average Bonchev–Trinajstić information content (AvgIpc) is 3.02. The van der Waals surface area contributed by atoms with Crippen LogP contribution in [-0.2, 0) is 6.54 Å². The zero-order valence-electron chi connectivity index (χ0n) is 11.8. The molecule has 1 N–H and O–H groups in total. The first-order valence-corrected chi connectivity index (χ1v) is 8.82. The molecule has 0 radical (unpaired) electrons. The Morgan fingerprint density at radius 1 is 1.04 bits per heavy atom. The van der Waals surface area contributed by atoms with Gasteiger partial charge in [0.05, 0.1) is 16.9 Å². The molecular weight excluding hydrogens is 420 g/mol. The van der Waals surface area contributed by atoms with Gasteiger partial charge in [0, 0.05) is 32.0 Å². The summed E-state index contributed by atoms with van der Waals surface area (Å²) in [7, 11) is 0. The van der Waals surface area contributed by atoms with E-state index in [4.69, 9.17) is 4.99 Å². The van der Waals surface area contributed by atoms with Crippen molar-refractivity contribution in [2.45, 2.75) is 6.54 Å². The number of aromatic hydroxyl groups is 1. The van der Waals surface area contributed by atoms with Gasteiger partial charge in [0.25, 0.3) is 0 Å². The summed E-state index contributed by atoms with van der Waals surface area (Å²) in [4.78, 5) is 4.78. The van der Waals surface area contributed by atoms with Crippen LogP contribution in [0.2, 0.25) is 0 Å². The lowest BCUT2D eigenvalue weighted by Gasteiger charge is -2.16. The summed E-state index contributed by atoms with van der Waals surface area (Å²) in [5.41, 5.74) is 5.86. The predicted molar refractivity (Wildman–Crippen MR) is 99.6 cm³/mol. The van der Waals surface area contributed by atoms with Crippen molar-refractivity contribution in [3.8, 4) is 5.75 Å². The van der Waals surface area contributed by atoms with Crippen LogP contribution in [-0.4, -0.2) is 15.4 Å². The number of hydrogen-bond donors (Lipinski definition) is 1. The van der Waals surface area contributed by atoms with Gasteiger partial charge in [-0.15, -0.1) is 0 Å². The summed E-state index contributed by atoms with van der Waals surface area (Å²) in [6, 6.07) is 12.1. The summed E-state index contributed by atoms with van der Waals surface area (Å²) in [6.45, 7) is 0.729. The fourth-order valence-electron chi connectivity index (χ4n) is 3.44. The van der Waals surface area contributed by atoms with Crippen molar-refractivity contribution in [2.75, 3.05) is 0 Å². The SMILES string of the molecule is Oc1c2n(c3cc(Br)ccc13)CC=C1C2=Nc2cc(Br)ccc21. The lowest BCUT2D eigenvalue weighted by Crippen LogP contribution is -2.14. The van der Waals surface area contributed by atoms with Crippen LogP contribution < -0.4 is 0 Å². The molecule has 112 valence electrons. The Kier molecular flexibility index (Phi) is 2.71. The van der Waals surface area contributed by atoms with E-state index in [0.717, 1.165) is 54.6 Å². The average molecular weight is 430 g/mol. The molecule has 0 fully saturated rings. The smallest absolute Gasteiger partial charge is 0.150 e. The molecule has 5 rings (SSSR count). The highest BCUT2D eigenvalue weighted by molar-refractivity contribution is 9.10. The fourth-order valence-corrected chi connectivity index (χ4v) is 4.13. The lowest BCUT2D eigenvalue weighted by atomic mass is 9.98. The second kappa shape index (κ2) is 4.58. The molecule has 2 aliphatic heterocycles. The third-order valence-corrected chi connectivity index (χ3v) is 5.43. The third kappa shape index (κ3) is 1.78. The molecule has 0 unspecified atom stereocenters. The third-order valence-electron chi connectivity index (χ3n) is 4.44. The molecule has 3 aromatic rings. The second-order valence-electron chi connectivity index (χ2n) is 5.71. The van der Waals surface area contributed by atoms with Crippen molar-refractivity contribution in [2.24, 2.45) is 4.99 Å². The van der Waals surface area contributed by atoms with Crippen molar-refractivity contribution >= 4 is 59.7 Å². The highest BCUT2D eigenvalue weighted by atomic mass is 79.9. The Labute approximate surface area is 149 Å². The van der Waals surface area contributed by atoms with Crippen LogP contribution in [0.15, 0.2) is 56.4 Å². The van der Waals surface area contributed by atoms with Gasteiger partial charge in [-0.1, -0.05) is 44.0 Å². The Balaban J connectivity index is 1.83. The minimum absolute atomic E-state index is 0.309. The van der Waals surface area contributed by atoms with E-state index in [0.29, 0.717) is 5.75 Å². The van der Waals surface area contributed by atoms with Crippen LogP contribution in [0.4, 0.5) is 5.69 Å². The second-order valence-corrected chi connectivity index (χ2v) is 7.54. The van der Waals surface area contributed by atoms with Crippen molar-refractivity contribution in [1.82, 2.24) is 4.57 Å². The highest BCUT2D eigenvalue weighted by Crippen LogP contribution is 2.45. The van der Waals surface area contributed by atoms with Gasteiger partial charge in [0.2, 0.25) is 0 Å². The summed E-state index contributed by atoms with van der Waals surface area (Å²) < 4.78 is 4.13. The number of halogens is 2. The van der Waals surface area contributed by atoms with E-state index in [1.54, 1.807) is 0 Å². The van der Waals surface area contributed by atoms with E-state index in [1.165, 1.54) is 0 Å². The number of allylic oxidation sites excluding steroid dienone is 2. The molecule has 2 aliphatic rings. The molecule has 3 nitrogen and oxygen atoms in total. The quantitative estimate of drug-likeness (QED) is 0.510. The van der Waals surface area contributed by atoms with E-state index >= 15 is 0 Å². The van der Waals surface area contributed by atoms with Crippen LogP contribution in [0, 0.1) is 0 Å². The normalized spacial score (nSPS) is 15.0. The summed E-state index contributed by atoms with van der Waals surface area (Å²) in [5.74, 6) is 0.309. The van der Waals surface area contributed by atoms with Crippen LogP contribution in [0.5, 0.6) is 5.75 Å². The maximum atomic E-state index is 10.8. The molecule has 1 aromatic heterocycles. The molecule has 0 bridgehead atoms. The van der Waals surface area contributed by atoms with Crippen molar-refractivity contribution in [3.05, 3.63) is 62.7 Å². The summed E-state index contributed by atoms with van der Waals surface area (Å²) >= 11 is 7.01. The maximum absolute atomic E-state index is 10.8. The molecule has 0 amide bonds. The Morgan fingerprint density at radius 2 is 1.83 bits per heavy atom. The molecule has 0 saturated heterocycles. The van der Waals surface area contributed by atoms with Gasteiger partial charge in [-0.3, -0.25) is 0 Å². The van der Waals surface area contributed by atoms with Gasteiger partial charge >= 0.3 is 0 Å². The van der Waals surface area contributed by atoms with Gasteiger partial charge in [-0.05, 0) is 30.3 Å². The van der Waals surface area contributed by atoms with Gasteiger partial charge in [0.15, 0.2) is 5.75 Å². The number of benzene rings is 2. The number of hydrogen-bond acceptors (Lipinski definition) is 2. The molecular formula is C18H10Br2N2O. The van der Waals surface area contributed by atoms with Gasteiger partial charge < -0.3 is 9.67 Å². The maximum Gasteiger partial charge on any atom is 0.150 e. The molecule has 0 aliphatic carbocycles. The molecule has 23 heavy (non-hydrogen) atoms. The van der Waals surface area contributed by atoms with E-state index in [1.807, 2.05) is 30.3 Å². The zero-order chi connectivity index (χ0) is 15.7. The minimum Gasteiger partial charge on any atom is -0.505 e. The predicted octanol–water partition coefficient (Wildman–Crippen LogP) is 5.40. The van der Waals surface area contributed by atoms with Crippen LogP contribution in [0.1, 0.15) is 11.3 Å². The first-order valence-electron chi connectivity index (χ1n) is 7.24. The van der Waals surface area contributed by atoms with E-state index in [-0.39, 0.29) is 0 Å². The molecule has 2 aromatic carbocycles. The van der Waals surface area contributed by atoms with E-state index in [2.05, 4.69) is 48.6 Å². The first kappa shape index (κ1) is 13.6. The zero-order valence-corrected chi connectivity index (χ0v) is 15.0. The molecule has 5 heteroatoms. The monoisotopic (exact) mass is 428 g/mol. The van der Waals surface area contributed by atoms with E-state index in [9.17, 15) is 5.11 Å². The largest absolute Gasteiger partial charge is 0.505 e. The number of aromatic nitrogens is 1.